The van der Waals surface area contributed by atoms with Gasteiger partial charge in [-0.15, -0.1) is 0 Å². The van der Waals surface area contributed by atoms with E-state index in [2.05, 4.69) is 18.6 Å². The molecule has 2 atom stereocenters. The monoisotopic (exact) mass is 261 g/mol. The van der Waals surface area contributed by atoms with Gasteiger partial charge in [-0.25, -0.2) is 0 Å². The van der Waals surface area contributed by atoms with E-state index in [1.165, 1.54) is 12.8 Å². The summed E-state index contributed by atoms with van der Waals surface area (Å²) in [6.07, 6.45) is 9.94. The summed E-state index contributed by atoms with van der Waals surface area (Å²) in [5.41, 5.74) is 0. The van der Waals surface area contributed by atoms with Gasteiger partial charge in [-0.2, -0.15) is 0 Å². The van der Waals surface area contributed by atoms with Crippen molar-refractivity contribution >= 4 is 23.9 Å². The van der Waals surface area contributed by atoms with Crippen LogP contribution in [0.25, 0.3) is 0 Å². The number of allylic oxidation sites excluding steroid dienone is 2. The summed E-state index contributed by atoms with van der Waals surface area (Å²) in [5, 5.41) is 0. The van der Waals surface area contributed by atoms with Crippen LogP contribution in [0.15, 0.2) is 12.2 Å². The van der Waals surface area contributed by atoms with Crippen LogP contribution in [0.1, 0.15) is 35.1 Å². The maximum absolute atomic E-state index is 2.44. The summed E-state index contributed by atoms with van der Waals surface area (Å²) in [7, 11) is 0. The Kier molecular flexibility index (Phi) is 11.5. The Morgan fingerprint density at radius 2 is 1.18 bits per heavy atom. The normalized spacial score (nSPS) is 29.1. The Labute approximate surface area is 89.4 Å². The van der Waals surface area contributed by atoms with Gasteiger partial charge in [0.15, 0.2) is 0 Å². The van der Waals surface area contributed by atoms with E-state index in [0.717, 1.165) is 11.8 Å². The molecule has 0 aromatic carbocycles. The Balaban J connectivity index is -0.000000160. The first-order valence-corrected chi connectivity index (χ1v) is 2.98. The Bertz CT molecular complexity index is 95.4. The van der Waals surface area contributed by atoms with Crippen LogP contribution in [0.4, 0.5) is 0 Å². The van der Waals surface area contributed by atoms with Gasteiger partial charge in [-0.05, 0) is 31.1 Å². The van der Waals surface area contributed by atoms with Crippen molar-refractivity contribution in [3.63, 3.8) is 0 Å². The SMILES string of the molecule is C.C.C.[CH]1[C@@H]2C=C[C@H]1CC2.[Sn]. The predicted molar refractivity (Wildman–Crippen MR) is 55.6 cm³/mol. The topological polar surface area (TPSA) is 0 Å². The fourth-order valence-electron chi connectivity index (χ4n) is 1.50. The van der Waals surface area contributed by atoms with E-state index in [-0.39, 0.29) is 46.2 Å². The van der Waals surface area contributed by atoms with Gasteiger partial charge in [0.25, 0.3) is 0 Å². The van der Waals surface area contributed by atoms with Gasteiger partial charge >= 0.3 is 0 Å². The molecule has 5 radical (unpaired) electrons. The molecule has 11 heavy (non-hydrogen) atoms. The maximum Gasteiger partial charge on any atom is 0 e. The van der Waals surface area contributed by atoms with Gasteiger partial charge in [-0.1, -0.05) is 34.4 Å². The van der Waals surface area contributed by atoms with E-state index in [4.69, 9.17) is 0 Å². The molecular weight excluding hydrogens is 239 g/mol. The minimum atomic E-state index is 0. The first-order chi connectivity index (χ1) is 3.45. The molecule has 0 N–H and O–H groups in total. The van der Waals surface area contributed by atoms with Crippen LogP contribution >= 0.6 is 0 Å². The van der Waals surface area contributed by atoms with Crippen LogP contribution in [0.5, 0.6) is 0 Å². The van der Waals surface area contributed by atoms with E-state index >= 15 is 0 Å². The van der Waals surface area contributed by atoms with Crippen molar-refractivity contribution in [2.24, 2.45) is 11.8 Å². The number of rotatable bonds is 0. The molecule has 2 aliphatic carbocycles. The average molecular weight is 260 g/mol. The van der Waals surface area contributed by atoms with Crippen molar-refractivity contribution in [3.8, 4) is 0 Å². The fraction of sp³-hybridized carbons (Fsp3) is 0.700. The van der Waals surface area contributed by atoms with E-state index < -0.39 is 0 Å². The van der Waals surface area contributed by atoms with Gasteiger partial charge in [0.1, 0.15) is 0 Å². The fourth-order valence-corrected chi connectivity index (χ4v) is 1.50. The Morgan fingerprint density at radius 1 is 0.818 bits per heavy atom. The summed E-state index contributed by atoms with van der Waals surface area (Å²) in [6.45, 7) is 0. The predicted octanol–water partition coefficient (Wildman–Crippen LogP) is 3.31. The zero-order valence-electron chi connectivity index (χ0n) is 4.80. The zero-order valence-corrected chi connectivity index (χ0v) is 7.66. The molecule has 0 spiro atoms. The van der Waals surface area contributed by atoms with Crippen LogP contribution in [0.2, 0.25) is 0 Å². The third-order valence-corrected chi connectivity index (χ3v) is 1.93. The van der Waals surface area contributed by atoms with Gasteiger partial charge in [0, 0.05) is 23.9 Å². The molecule has 0 aromatic rings. The molecule has 1 heteroatoms. The first-order valence-electron chi connectivity index (χ1n) is 2.98. The molecule has 0 aliphatic heterocycles. The molecule has 2 rings (SSSR count). The second kappa shape index (κ2) is 7.20. The minimum Gasteiger partial charge on any atom is -0.0848 e. The van der Waals surface area contributed by atoms with E-state index in [9.17, 15) is 0 Å². The largest absolute Gasteiger partial charge is 0.0848 e. The summed E-state index contributed by atoms with van der Waals surface area (Å²) in [5.74, 6) is 1.73. The third kappa shape index (κ3) is 3.64. The summed E-state index contributed by atoms with van der Waals surface area (Å²) >= 11 is 0. The van der Waals surface area contributed by atoms with Crippen LogP contribution in [0.3, 0.4) is 0 Å². The van der Waals surface area contributed by atoms with Gasteiger partial charge in [-0.3, -0.25) is 0 Å². The molecule has 0 aromatic heterocycles. The van der Waals surface area contributed by atoms with Crippen LogP contribution < -0.4 is 0 Å². The maximum atomic E-state index is 2.44. The second-order valence-electron chi connectivity index (χ2n) is 2.48. The number of hydrogen-bond donors (Lipinski definition) is 0. The van der Waals surface area contributed by atoms with Crippen molar-refractivity contribution in [1.82, 2.24) is 0 Å². The van der Waals surface area contributed by atoms with E-state index in [0.29, 0.717) is 0 Å². The molecule has 0 saturated heterocycles. The summed E-state index contributed by atoms with van der Waals surface area (Å²) < 4.78 is 0. The zero-order chi connectivity index (χ0) is 4.69. The minimum absolute atomic E-state index is 0. The molecular formula is C10H21Sn. The Morgan fingerprint density at radius 3 is 1.27 bits per heavy atom. The molecule has 0 amide bonds. The smallest absolute Gasteiger partial charge is 0 e. The molecule has 2 bridgehead atoms. The quantitative estimate of drug-likeness (QED) is 0.463. The molecule has 0 unspecified atom stereocenters. The Hall–Kier alpha value is 0.539. The van der Waals surface area contributed by atoms with Crippen LogP contribution in [-0.4, -0.2) is 23.9 Å². The van der Waals surface area contributed by atoms with Crippen molar-refractivity contribution in [2.75, 3.05) is 0 Å². The standard InChI is InChI=1S/C7H9.3CH4.Sn/c1-2-7-4-3-6(1)5-7;;;;/h1-2,5-7H,3-4H2;3*1H4;/t6-,7+;;;;. The molecule has 65 valence electrons. The second-order valence-corrected chi connectivity index (χ2v) is 2.48. The van der Waals surface area contributed by atoms with Gasteiger partial charge in [0.05, 0.1) is 0 Å². The van der Waals surface area contributed by atoms with Crippen LogP contribution in [-0.2, 0) is 0 Å². The average Bonchev–Trinajstić information content (AvgIpc) is 2.22. The first kappa shape index (κ1) is 17.6. The van der Waals surface area contributed by atoms with Gasteiger partial charge < -0.3 is 0 Å². The van der Waals surface area contributed by atoms with Crippen molar-refractivity contribution in [2.45, 2.75) is 35.1 Å². The summed E-state index contributed by atoms with van der Waals surface area (Å²) in [4.78, 5) is 0. The van der Waals surface area contributed by atoms with E-state index in [1.54, 1.807) is 0 Å². The molecule has 0 nitrogen and oxygen atoms in total. The van der Waals surface area contributed by atoms with E-state index in [1.807, 2.05) is 0 Å². The van der Waals surface area contributed by atoms with Crippen molar-refractivity contribution in [1.29, 1.82) is 0 Å². The van der Waals surface area contributed by atoms with Gasteiger partial charge in [0.2, 0.25) is 0 Å². The van der Waals surface area contributed by atoms with Crippen molar-refractivity contribution in [3.05, 3.63) is 18.6 Å². The number of fused-ring (bicyclic) bond motifs is 2. The molecule has 1 saturated carbocycles. The van der Waals surface area contributed by atoms with Crippen LogP contribution in [0, 0.1) is 18.3 Å². The molecule has 1 fully saturated rings. The third-order valence-electron chi connectivity index (χ3n) is 1.93. The molecule has 2 aliphatic rings. The molecule has 0 heterocycles. The van der Waals surface area contributed by atoms with Crippen molar-refractivity contribution < 1.29 is 0 Å². The number of hydrogen-bond acceptors (Lipinski definition) is 0. The summed E-state index contributed by atoms with van der Waals surface area (Å²) in [6, 6.07) is 0.